The Labute approximate surface area is 216 Å². The lowest BCUT2D eigenvalue weighted by Crippen LogP contribution is -2.40. The third-order valence-electron chi connectivity index (χ3n) is 6.11. The first-order valence-corrected chi connectivity index (χ1v) is 12.6. The van der Waals surface area contributed by atoms with Gasteiger partial charge in [-0.05, 0) is 55.8 Å². The average Bonchev–Trinajstić information content (AvgIpc) is 3.21. The molecule has 2 aliphatic heterocycles. The van der Waals surface area contributed by atoms with Gasteiger partial charge >= 0.3 is 5.97 Å². The zero-order valence-electron chi connectivity index (χ0n) is 20.9. The highest BCUT2D eigenvalue weighted by Gasteiger charge is 2.35. The number of aromatic nitrogens is 1. The van der Waals surface area contributed by atoms with E-state index in [1.165, 1.54) is 23.0 Å². The Bertz CT molecular complexity index is 1580. The Hall–Kier alpha value is -4.05. The van der Waals surface area contributed by atoms with E-state index < -0.39 is 12.0 Å². The summed E-state index contributed by atoms with van der Waals surface area (Å²) in [4.78, 5) is 32.1. The minimum absolute atomic E-state index is 0.187. The summed E-state index contributed by atoms with van der Waals surface area (Å²) in [6, 6.07) is 9.98. The predicted molar refractivity (Wildman–Crippen MR) is 137 cm³/mol. The molecule has 2 aromatic carbocycles. The second-order valence-electron chi connectivity index (χ2n) is 8.31. The van der Waals surface area contributed by atoms with Crippen LogP contribution in [-0.4, -0.2) is 44.6 Å². The second kappa shape index (κ2) is 10.1. The molecule has 1 aromatic heterocycles. The number of thiazole rings is 1. The van der Waals surface area contributed by atoms with Gasteiger partial charge in [0, 0.05) is 5.56 Å². The van der Waals surface area contributed by atoms with Gasteiger partial charge in [-0.3, -0.25) is 9.36 Å². The van der Waals surface area contributed by atoms with E-state index in [9.17, 15) is 9.59 Å². The summed E-state index contributed by atoms with van der Waals surface area (Å²) in [7, 11) is 3.09. The fourth-order valence-corrected chi connectivity index (χ4v) is 5.49. The molecule has 0 spiro atoms. The van der Waals surface area contributed by atoms with Gasteiger partial charge in [0.05, 0.1) is 36.6 Å². The van der Waals surface area contributed by atoms with E-state index in [2.05, 4.69) is 4.99 Å². The zero-order valence-corrected chi connectivity index (χ0v) is 21.7. The number of benzene rings is 2. The van der Waals surface area contributed by atoms with Crippen LogP contribution in [0.25, 0.3) is 6.08 Å². The predicted octanol–water partition coefficient (Wildman–Crippen LogP) is 2.59. The minimum Gasteiger partial charge on any atom is -0.497 e. The monoisotopic (exact) mass is 522 g/mol. The van der Waals surface area contributed by atoms with E-state index in [0.29, 0.717) is 56.8 Å². The van der Waals surface area contributed by atoms with Crippen molar-refractivity contribution in [2.75, 3.05) is 34.0 Å². The maximum absolute atomic E-state index is 13.9. The van der Waals surface area contributed by atoms with Gasteiger partial charge in [-0.25, -0.2) is 9.79 Å². The van der Waals surface area contributed by atoms with E-state index in [1.807, 2.05) is 18.2 Å². The summed E-state index contributed by atoms with van der Waals surface area (Å²) in [6.07, 6.45) is 1.78. The second-order valence-corrected chi connectivity index (χ2v) is 9.32. The number of rotatable bonds is 6. The Balaban J connectivity index is 1.72. The van der Waals surface area contributed by atoms with Crippen molar-refractivity contribution in [1.29, 1.82) is 0 Å². The quantitative estimate of drug-likeness (QED) is 0.459. The Kier molecular flexibility index (Phi) is 6.75. The van der Waals surface area contributed by atoms with Gasteiger partial charge in [-0.15, -0.1) is 0 Å². The number of allylic oxidation sites excluding steroid dienone is 1. The van der Waals surface area contributed by atoms with Crippen LogP contribution < -0.4 is 33.8 Å². The highest BCUT2D eigenvalue weighted by Crippen LogP contribution is 2.38. The van der Waals surface area contributed by atoms with Crippen LogP contribution in [0.5, 0.6) is 23.0 Å². The summed E-state index contributed by atoms with van der Waals surface area (Å²) in [5.41, 5.74) is 1.83. The number of fused-ring (bicyclic) bond motifs is 2. The molecule has 5 rings (SSSR count). The number of methoxy groups -OCH3 is 2. The first kappa shape index (κ1) is 24.6. The number of hydrogen-bond acceptors (Lipinski definition) is 9. The maximum Gasteiger partial charge on any atom is 0.338 e. The lowest BCUT2D eigenvalue weighted by atomic mass is 9.94. The van der Waals surface area contributed by atoms with Crippen LogP contribution >= 0.6 is 11.3 Å². The first-order valence-electron chi connectivity index (χ1n) is 11.8. The van der Waals surface area contributed by atoms with Crippen LogP contribution in [0.1, 0.15) is 31.0 Å². The molecule has 0 amide bonds. The minimum atomic E-state index is -0.817. The number of nitrogens with zero attached hydrogens (tertiary/aromatic N) is 2. The van der Waals surface area contributed by atoms with Crippen molar-refractivity contribution in [2.24, 2.45) is 4.99 Å². The number of esters is 1. The molecule has 0 fully saturated rings. The van der Waals surface area contributed by atoms with Crippen LogP contribution in [0, 0.1) is 0 Å². The maximum atomic E-state index is 13.9. The lowest BCUT2D eigenvalue weighted by molar-refractivity contribution is -0.139. The molecule has 0 bridgehead atoms. The van der Waals surface area contributed by atoms with Crippen LogP contribution in [0.15, 0.2) is 57.5 Å². The van der Waals surface area contributed by atoms with Crippen LogP contribution in [0.3, 0.4) is 0 Å². The normalized spacial score (nSPS) is 16.6. The molecule has 0 unspecified atom stereocenters. The Morgan fingerprint density at radius 2 is 1.92 bits per heavy atom. The molecule has 37 heavy (non-hydrogen) atoms. The lowest BCUT2D eigenvalue weighted by Gasteiger charge is -2.26. The van der Waals surface area contributed by atoms with Gasteiger partial charge in [0.15, 0.2) is 16.3 Å². The Morgan fingerprint density at radius 3 is 2.65 bits per heavy atom. The van der Waals surface area contributed by atoms with Gasteiger partial charge in [0.1, 0.15) is 30.8 Å². The van der Waals surface area contributed by atoms with Crippen molar-refractivity contribution >= 4 is 23.4 Å². The molecule has 1 atom stereocenters. The third-order valence-corrected chi connectivity index (χ3v) is 7.10. The standard InChI is InChI=1S/C27H26N2O7S/c1-5-34-26(31)23-15(2)28-27-29(24(23)18-14-17(32-3)7-9-19(18)33-4)25(30)22(37-27)13-16-6-8-20-21(12-16)36-11-10-35-20/h6-9,12-14,24H,5,10-11H2,1-4H3/t24-/m0/s1. The summed E-state index contributed by atoms with van der Waals surface area (Å²) >= 11 is 1.24. The van der Waals surface area contributed by atoms with Crippen molar-refractivity contribution in [3.8, 4) is 23.0 Å². The van der Waals surface area contributed by atoms with Gasteiger partial charge in [-0.2, -0.15) is 0 Å². The molecule has 9 nitrogen and oxygen atoms in total. The third kappa shape index (κ3) is 4.48. The summed E-state index contributed by atoms with van der Waals surface area (Å²) in [5, 5.41) is 0. The number of ether oxygens (including phenoxy) is 5. The summed E-state index contributed by atoms with van der Waals surface area (Å²) in [6.45, 7) is 4.63. The molecule has 10 heteroatoms. The average molecular weight is 523 g/mol. The molecule has 0 aliphatic carbocycles. The number of carbonyl (C=O) groups is 1. The molecule has 0 radical (unpaired) electrons. The molecular formula is C27H26N2O7S. The van der Waals surface area contributed by atoms with Gasteiger partial charge in [0.2, 0.25) is 0 Å². The molecule has 192 valence electrons. The largest absolute Gasteiger partial charge is 0.497 e. The molecule has 3 heterocycles. The van der Waals surface area contributed by atoms with Gasteiger partial charge < -0.3 is 23.7 Å². The highest BCUT2D eigenvalue weighted by molar-refractivity contribution is 7.07. The SMILES string of the molecule is CCOC(=O)C1=C(C)N=c2sc(=Cc3ccc4c(c3)OCCO4)c(=O)n2[C@H]1c1cc(OC)ccc1OC. The summed E-state index contributed by atoms with van der Waals surface area (Å²) in [5.74, 6) is 1.83. The van der Waals surface area contributed by atoms with E-state index in [0.717, 1.165) is 5.56 Å². The van der Waals surface area contributed by atoms with Crippen molar-refractivity contribution in [3.05, 3.63) is 78.5 Å². The smallest absolute Gasteiger partial charge is 0.338 e. The van der Waals surface area contributed by atoms with Gasteiger partial charge in [-0.1, -0.05) is 17.4 Å². The van der Waals surface area contributed by atoms with Crippen molar-refractivity contribution < 1.29 is 28.5 Å². The van der Waals surface area contributed by atoms with E-state index in [4.69, 9.17) is 23.7 Å². The molecular weight excluding hydrogens is 496 g/mol. The van der Waals surface area contributed by atoms with E-state index in [1.54, 1.807) is 45.2 Å². The highest BCUT2D eigenvalue weighted by atomic mass is 32.1. The fourth-order valence-electron chi connectivity index (χ4n) is 4.44. The number of hydrogen-bond donors (Lipinski definition) is 0. The van der Waals surface area contributed by atoms with E-state index >= 15 is 0 Å². The summed E-state index contributed by atoms with van der Waals surface area (Å²) < 4.78 is 29.7. The molecule has 0 N–H and O–H groups in total. The van der Waals surface area contributed by atoms with E-state index in [-0.39, 0.29) is 17.7 Å². The molecule has 0 saturated heterocycles. The fraction of sp³-hybridized carbons (Fsp3) is 0.296. The topological polar surface area (TPSA) is 97.6 Å². The molecule has 0 saturated carbocycles. The van der Waals surface area contributed by atoms with Crippen molar-refractivity contribution in [3.63, 3.8) is 0 Å². The van der Waals surface area contributed by atoms with Crippen LogP contribution in [-0.2, 0) is 9.53 Å². The number of carbonyl (C=O) groups excluding carboxylic acids is 1. The Morgan fingerprint density at radius 1 is 1.14 bits per heavy atom. The first-order chi connectivity index (χ1) is 17.9. The molecule has 3 aromatic rings. The van der Waals surface area contributed by atoms with Crippen LogP contribution in [0.4, 0.5) is 0 Å². The van der Waals surface area contributed by atoms with Gasteiger partial charge in [0.25, 0.3) is 5.56 Å². The van der Waals surface area contributed by atoms with Crippen LogP contribution in [0.2, 0.25) is 0 Å². The van der Waals surface area contributed by atoms with Crippen molar-refractivity contribution in [2.45, 2.75) is 19.9 Å². The molecule has 2 aliphatic rings. The van der Waals surface area contributed by atoms with Crippen molar-refractivity contribution in [1.82, 2.24) is 4.57 Å². The zero-order chi connectivity index (χ0) is 26.1.